The van der Waals surface area contributed by atoms with E-state index in [4.69, 9.17) is 0 Å². The first-order chi connectivity index (χ1) is 7.09. The number of hydrogen-bond donors (Lipinski definition) is 1. The highest BCUT2D eigenvalue weighted by molar-refractivity contribution is 5.62. The Labute approximate surface area is 92.9 Å². The third kappa shape index (κ3) is 1.88. The lowest BCUT2D eigenvalue weighted by Gasteiger charge is -2.32. The molecule has 1 heterocycles. The molecule has 0 saturated carbocycles. The smallest absolute Gasteiger partial charge is 0.0407 e. The Hall–Kier alpha value is -0.980. The van der Waals surface area contributed by atoms with Gasteiger partial charge in [-0.2, -0.15) is 0 Å². The monoisotopic (exact) mass is 203 g/mol. The number of aryl methyl sites for hydroxylation is 2. The topological polar surface area (TPSA) is 12.0 Å². The molecule has 0 fully saturated rings. The molecule has 1 N–H and O–H groups in total. The molecule has 82 valence electrons. The van der Waals surface area contributed by atoms with Crippen molar-refractivity contribution in [2.24, 2.45) is 5.92 Å². The van der Waals surface area contributed by atoms with E-state index in [0.717, 1.165) is 5.92 Å². The SMILES string of the molecule is Cc1ccc(C)c2c1CCC(C(C)C)N2. The van der Waals surface area contributed by atoms with Crippen molar-refractivity contribution in [1.82, 2.24) is 0 Å². The molecule has 1 aromatic carbocycles. The average molecular weight is 203 g/mol. The second kappa shape index (κ2) is 3.88. The number of nitrogens with one attached hydrogen (secondary N) is 1. The minimum atomic E-state index is 0.651. The van der Waals surface area contributed by atoms with Crippen LogP contribution in [0.4, 0.5) is 5.69 Å². The van der Waals surface area contributed by atoms with E-state index < -0.39 is 0 Å². The van der Waals surface area contributed by atoms with Crippen molar-refractivity contribution in [1.29, 1.82) is 0 Å². The van der Waals surface area contributed by atoms with E-state index in [9.17, 15) is 0 Å². The number of hydrogen-bond acceptors (Lipinski definition) is 1. The summed E-state index contributed by atoms with van der Waals surface area (Å²) in [5.74, 6) is 0.720. The van der Waals surface area contributed by atoms with Crippen LogP contribution in [0.1, 0.15) is 37.0 Å². The van der Waals surface area contributed by atoms with Gasteiger partial charge >= 0.3 is 0 Å². The maximum absolute atomic E-state index is 3.71. The summed E-state index contributed by atoms with van der Waals surface area (Å²) < 4.78 is 0. The zero-order chi connectivity index (χ0) is 11.0. The second-order valence-corrected chi connectivity index (χ2v) is 5.09. The highest BCUT2D eigenvalue weighted by Gasteiger charge is 2.22. The van der Waals surface area contributed by atoms with Gasteiger partial charge in [0.25, 0.3) is 0 Å². The van der Waals surface area contributed by atoms with Gasteiger partial charge < -0.3 is 5.32 Å². The predicted molar refractivity (Wildman–Crippen MR) is 66.5 cm³/mol. The van der Waals surface area contributed by atoms with Crippen molar-refractivity contribution < 1.29 is 0 Å². The molecule has 0 spiro atoms. The van der Waals surface area contributed by atoms with Crippen LogP contribution in [-0.4, -0.2) is 6.04 Å². The minimum absolute atomic E-state index is 0.651. The largest absolute Gasteiger partial charge is 0.382 e. The summed E-state index contributed by atoms with van der Waals surface area (Å²) in [6.07, 6.45) is 2.51. The molecule has 0 bridgehead atoms. The van der Waals surface area contributed by atoms with Crippen LogP contribution in [0, 0.1) is 19.8 Å². The molecule has 1 atom stereocenters. The van der Waals surface area contributed by atoms with Gasteiger partial charge in [-0.3, -0.25) is 0 Å². The van der Waals surface area contributed by atoms with Gasteiger partial charge in [0.2, 0.25) is 0 Å². The summed E-state index contributed by atoms with van der Waals surface area (Å²) in [7, 11) is 0. The fourth-order valence-corrected chi connectivity index (χ4v) is 2.45. The Morgan fingerprint density at radius 3 is 2.53 bits per heavy atom. The number of fused-ring (bicyclic) bond motifs is 1. The Balaban J connectivity index is 2.36. The third-order valence-corrected chi connectivity index (χ3v) is 3.60. The average Bonchev–Trinajstić information content (AvgIpc) is 2.23. The lowest BCUT2D eigenvalue weighted by atomic mass is 9.88. The first kappa shape index (κ1) is 10.5. The second-order valence-electron chi connectivity index (χ2n) is 5.09. The molecule has 2 rings (SSSR count). The standard InChI is InChI=1S/C14H21N/c1-9(2)13-8-7-12-10(3)5-6-11(4)14(12)15-13/h5-6,9,13,15H,7-8H2,1-4H3. The molecule has 0 aromatic heterocycles. The lowest BCUT2D eigenvalue weighted by molar-refractivity contribution is 0.482. The Morgan fingerprint density at radius 2 is 1.87 bits per heavy atom. The first-order valence-electron chi connectivity index (χ1n) is 5.95. The predicted octanol–water partition coefficient (Wildman–Crippen LogP) is 3.69. The van der Waals surface area contributed by atoms with Crippen LogP contribution in [0.5, 0.6) is 0 Å². The fourth-order valence-electron chi connectivity index (χ4n) is 2.45. The molecule has 1 aliphatic rings. The summed E-state index contributed by atoms with van der Waals surface area (Å²) in [4.78, 5) is 0. The molecule has 1 aromatic rings. The summed E-state index contributed by atoms with van der Waals surface area (Å²) >= 11 is 0. The van der Waals surface area contributed by atoms with Crippen LogP contribution in [0.3, 0.4) is 0 Å². The van der Waals surface area contributed by atoms with Crippen molar-refractivity contribution >= 4 is 5.69 Å². The van der Waals surface area contributed by atoms with Crippen LogP contribution in [-0.2, 0) is 6.42 Å². The Kier molecular flexibility index (Phi) is 2.72. The molecule has 0 saturated heterocycles. The zero-order valence-corrected chi connectivity index (χ0v) is 10.2. The number of anilines is 1. The van der Waals surface area contributed by atoms with Crippen molar-refractivity contribution in [3.05, 3.63) is 28.8 Å². The molecule has 1 heteroatoms. The normalized spacial score (nSPS) is 19.9. The highest BCUT2D eigenvalue weighted by Crippen LogP contribution is 2.32. The maximum atomic E-state index is 3.71. The van der Waals surface area contributed by atoms with Crippen LogP contribution in [0.2, 0.25) is 0 Å². The lowest BCUT2D eigenvalue weighted by Crippen LogP contribution is -2.31. The summed E-state index contributed by atoms with van der Waals surface area (Å²) in [6.45, 7) is 9.02. The van der Waals surface area contributed by atoms with Gasteiger partial charge in [0, 0.05) is 11.7 Å². The maximum Gasteiger partial charge on any atom is 0.0407 e. The van der Waals surface area contributed by atoms with Crippen molar-refractivity contribution in [2.45, 2.75) is 46.6 Å². The van der Waals surface area contributed by atoms with E-state index in [0.29, 0.717) is 6.04 Å². The van der Waals surface area contributed by atoms with E-state index >= 15 is 0 Å². The van der Waals surface area contributed by atoms with E-state index in [-0.39, 0.29) is 0 Å². The molecule has 0 aliphatic carbocycles. The number of rotatable bonds is 1. The van der Waals surface area contributed by atoms with Gasteiger partial charge in [-0.25, -0.2) is 0 Å². The van der Waals surface area contributed by atoms with E-state index in [1.165, 1.54) is 35.2 Å². The molecular formula is C14H21N. The van der Waals surface area contributed by atoms with E-state index in [2.05, 4.69) is 45.1 Å². The van der Waals surface area contributed by atoms with E-state index in [1.807, 2.05) is 0 Å². The molecule has 1 unspecified atom stereocenters. The van der Waals surface area contributed by atoms with Gasteiger partial charge in [0.1, 0.15) is 0 Å². The molecule has 0 radical (unpaired) electrons. The molecule has 1 nitrogen and oxygen atoms in total. The summed E-state index contributed by atoms with van der Waals surface area (Å²) in [6, 6.07) is 5.12. The molecule has 15 heavy (non-hydrogen) atoms. The van der Waals surface area contributed by atoms with Crippen LogP contribution < -0.4 is 5.32 Å². The van der Waals surface area contributed by atoms with E-state index in [1.54, 1.807) is 0 Å². The third-order valence-electron chi connectivity index (χ3n) is 3.60. The van der Waals surface area contributed by atoms with Gasteiger partial charge in [0.05, 0.1) is 0 Å². The van der Waals surface area contributed by atoms with Crippen LogP contribution >= 0.6 is 0 Å². The van der Waals surface area contributed by atoms with Crippen LogP contribution in [0.15, 0.2) is 12.1 Å². The van der Waals surface area contributed by atoms with Gasteiger partial charge in [-0.05, 0) is 49.3 Å². The number of benzene rings is 1. The first-order valence-corrected chi connectivity index (χ1v) is 5.95. The summed E-state index contributed by atoms with van der Waals surface area (Å²) in [5.41, 5.74) is 5.76. The van der Waals surface area contributed by atoms with Crippen molar-refractivity contribution in [3.63, 3.8) is 0 Å². The quantitative estimate of drug-likeness (QED) is 0.734. The van der Waals surface area contributed by atoms with Crippen molar-refractivity contribution in [2.75, 3.05) is 5.32 Å². The van der Waals surface area contributed by atoms with Crippen molar-refractivity contribution in [3.8, 4) is 0 Å². The fraction of sp³-hybridized carbons (Fsp3) is 0.571. The van der Waals surface area contributed by atoms with Crippen LogP contribution in [0.25, 0.3) is 0 Å². The minimum Gasteiger partial charge on any atom is -0.382 e. The highest BCUT2D eigenvalue weighted by atomic mass is 14.9. The van der Waals surface area contributed by atoms with Gasteiger partial charge in [-0.15, -0.1) is 0 Å². The van der Waals surface area contributed by atoms with Gasteiger partial charge in [-0.1, -0.05) is 26.0 Å². The molecular weight excluding hydrogens is 182 g/mol. The molecule has 0 amide bonds. The molecule has 1 aliphatic heterocycles. The zero-order valence-electron chi connectivity index (χ0n) is 10.2. The van der Waals surface area contributed by atoms with Gasteiger partial charge in [0.15, 0.2) is 0 Å². The summed E-state index contributed by atoms with van der Waals surface area (Å²) in [5, 5.41) is 3.71. The Bertz CT molecular complexity index is 366. The Morgan fingerprint density at radius 1 is 1.20 bits per heavy atom.